The molecular weight excluding hydrogens is 374 g/mol. The zero-order valence-corrected chi connectivity index (χ0v) is 16.1. The number of hydrogen-bond donors (Lipinski definition) is 2. The van der Waals surface area contributed by atoms with Crippen molar-refractivity contribution in [3.05, 3.63) is 66.5 Å². The largest absolute Gasteiger partial charge is 0.341 e. The van der Waals surface area contributed by atoms with Gasteiger partial charge in [0.25, 0.3) is 5.91 Å². The lowest BCUT2D eigenvalue weighted by atomic mass is 10.2. The first kappa shape index (κ1) is 18.2. The number of aromatic nitrogens is 6. The minimum atomic E-state index is -0.262. The number of hydrogen-bond acceptors (Lipinski definition) is 6. The van der Waals surface area contributed by atoms with E-state index in [0.29, 0.717) is 17.2 Å². The summed E-state index contributed by atoms with van der Waals surface area (Å²) in [5.74, 6) is 1.36. The Bertz CT molecular complexity index is 1080. The van der Waals surface area contributed by atoms with Crippen molar-refractivity contribution >= 4 is 23.3 Å². The smallest absolute Gasteiger partial charge is 0.269 e. The molecule has 0 fully saturated rings. The lowest BCUT2D eigenvalue weighted by Gasteiger charge is -2.16. The molecule has 1 amide bonds. The predicted octanol–water partition coefficient (Wildman–Crippen LogP) is 2.74. The molecule has 0 unspecified atom stereocenters. The normalized spacial score (nSPS) is 12.2. The summed E-state index contributed by atoms with van der Waals surface area (Å²) in [6, 6.07) is 10.9. The maximum atomic E-state index is 12.8. The molecule has 4 aromatic rings. The highest BCUT2D eigenvalue weighted by atomic mass is 32.2. The number of carbonyl (C=O) groups excluding carboxylic acids is 1. The van der Waals surface area contributed by atoms with E-state index >= 15 is 0 Å². The van der Waals surface area contributed by atoms with Crippen LogP contribution in [-0.2, 0) is 0 Å². The molecule has 0 saturated heterocycles. The Hall–Kier alpha value is -3.20. The molecule has 142 valence electrons. The molecule has 8 nitrogen and oxygen atoms in total. The fourth-order valence-electron chi connectivity index (χ4n) is 2.94. The molecule has 0 aliphatic carbocycles. The van der Waals surface area contributed by atoms with Gasteiger partial charge < -0.3 is 5.32 Å². The number of carbonyl (C=O) groups is 1. The van der Waals surface area contributed by atoms with Gasteiger partial charge in [-0.1, -0.05) is 6.07 Å². The maximum Gasteiger partial charge on any atom is 0.269 e. The summed E-state index contributed by atoms with van der Waals surface area (Å²) in [6.45, 7) is 0. The molecule has 4 heterocycles. The summed E-state index contributed by atoms with van der Waals surface area (Å²) in [7, 11) is 0. The quantitative estimate of drug-likeness (QED) is 0.501. The molecule has 0 bridgehead atoms. The standard InChI is InChI=1S/C19H19N7OS/c1-28-10-7-14(18-25-24-17-6-2-3-9-26(17)18)21-19(27)16-11-15(22-23-16)13-5-4-8-20-12-13/h2-6,8-9,11-12,14H,7,10H2,1H3,(H,21,27)(H,22,23)/t14-/m0/s1. The van der Waals surface area contributed by atoms with Gasteiger partial charge >= 0.3 is 0 Å². The van der Waals surface area contributed by atoms with E-state index in [1.54, 1.807) is 30.2 Å². The minimum absolute atomic E-state index is 0.235. The number of H-pyrrole nitrogens is 1. The Morgan fingerprint density at radius 3 is 3.04 bits per heavy atom. The third kappa shape index (κ3) is 3.74. The van der Waals surface area contributed by atoms with Crippen LogP contribution < -0.4 is 5.32 Å². The van der Waals surface area contributed by atoms with Gasteiger partial charge in [-0.2, -0.15) is 16.9 Å². The molecule has 0 aliphatic rings. The summed E-state index contributed by atoms with van der Waals surface area (Å²) in [5.41, 5.74) is 2.66. The highest BCUT2D eigenvalue weighted by Crippen LogP contribution is 2.20. The monoisotopic (exact) mass is 393 g/mol. The second-order valence-corrected chi connectivity index (χ2v) is 7.19. The maximum absolute atomic E-state index is 12.8. The van der Waals surface area contributed by atoms with E-state index in [0.717, 1.165) is 23.4 Å². The SMILES string of the molecule is CSCC[C@H](NC(=O)c1cc(-c2cccnc2)n[nH]1)c1nnc2ccccn12. The number of nitrogens with one attached hydrogen (secondary N) is 2. The molecule has 9 heteroatoms. The second-order valence-electron chi connectivity index (χ2n) is 6.20. The Morgan fingerprint density at radius 2 is 2.21 bits per heavy atom. The number of pyridine rings is 2. The Morgan fingerprint density at radius 1 is 1.29 bits per heavy atom. The second kappa shape index (κ2) is 8.22. The molecular formula is C19H19N7OS. The summed E-state index contributed by atoms with van der Waals surface area (Å²) in [5, 5.41) is 18.6. The third-order valence-electron chi connectivity index (χ3n) is 4.35. The predicted molar refractivity (Wildman–Crippen MR) is 108 cm³/mol. The van der Waals surface area contributed by atoms with Crippen molar-refractivity contribution in [1.82, 2.24) is 35.1 Å². The molecule has 28 heavy (non-hydrogen) atoms. The zero-order chi connectivity index (χ0) is 19.3. The van der Waals surface area contributed by atoms with Gasteiger partial charge in [0.1, 0.15) is 5.69 Å². The lowest BCUT2D eigenvalue weighted by Crippen LogP contribution is -2.30. The third-order valence-corrected chi connectivity index (χ3v) is 4.99. The molecule has 0 aliphatic heterocycles. The van der Waals surface area contributed by atoms with E-state index in [4.69, 9.17) is 0 Å². The molecule has 2 N–H and O–H groups in total. The van der Waals surface area contributed by atoms with E-state index in [1.165, 1.54) is 0 Å². The highest BCUT2D eigenvalue weighted by molar-refractivity contribution is 7.98. The van der Waals surface area contributed by atoms with E-state index in [-0.39, 0.29) is 11.9 Å². The fraction of sp³-hybridized carbons (Fsp3) is 0.211. The molecule has 1 atom stereocenters. The van der Waals surface area contributed by atoms with E-state index < -0.39 is 0 Å². The summed E-state index contributed by atoms with van der Waals surface area (Å²) < 4.78 is 1.90. The van der Waals surface area contributed by atoms with Crippen molar-refractivity contribution in [3.8, 4) is 11.3 Å². The van der Waals surface area contributed by atoms with Crippen LogP contribution >= 0.6 is 11.8 Å². The summed E-state index contributed by atoms with van der Waals surface area (Å²) in [4.78, 5) is 16.9. The molecule has 0 spiro atoms. The number of amides is 1. The first-order valence-corrected chi connectivity index (χ1v) is 10.2. The Labute approximate surface area is 165 Å². The first-order chi connectivity index (χ1) is 13.8. The van der Waals surface area contributed by atoms with Crippen LogP contribution in [0.5, 0.6) is 0 Å². The molecule has 0 radical (unpaired) electrons. The molecule has 0 saturated carbocycles. The van der Waals surface area contributed by atoms with Gasteiger partial charge in [0.05, 0.1) is 11.7 Å². The van der Waals surface area contributed by atoms with Crippen LogP contribution in [0.25, 0.3) is 16.9 Å². The van der Waals surface area contributed by atoms with Crippen molar-refractivity contribution in [2.45, 2.75) is 12.5 Å². The van der Waals surface area contributed by atoms with Gasteiger partial charge in [0, 0.05) is 24.2 Å². The summed E-state index contributed by atoms with van der Waals surface area (Å²) >= 11 is 1.72. The minimum Gasteiger partial charge on any atom is -0.341 e. The number of fused-ring (bicyclic) bond motifs is 1. The van der Waals surface area contributed by atoms with Crippen LogP contribution in [0.15, 0.2) is 55.0 Å². The van der Waals surface area contributed by atoms with Crippen molar-refractivity contribution in [2.24, 2.45) is 0 Å². The number of rotatable bonds is 7. The van der Waals surface area contributed by atoms with Crippen molar-refractivity contribution in [2.75, 3.05) is 12.0 Å². The average molecular weight is 393 g/mol. The Kier molecular flexibility index (Phi) is 5.34. The van der Waals surface area contributed by atoms with E-state index in [1.807, 2.05) is 47.2 Å². The zero-order valence-electron chi connectivity index (χ0n) is 15.2. The van der Waals surface area contributed by atoms with Crippen LogP contribution in [0.4, 0.5) is 0 Å². The van der Waals surface area contributed by atoms with Gasteiger partial charge in [-0.3, -0.25) is 19.3 Å². The fourth-order valence-corrected chi connectivity index (χ4v) is 3.41. The number of thioether (sulfide) groups is 1. The van der Waals surface area contributed by atoms with Crippen LogP contribution in [0.2, 0.25) is 0 Å². The van der Waals surface area contributed by atoms with Crippen LogP contribution in [0.1, 0.15) is 28.8 Å². The van der Waals surface area contributed by atoms with Gasteiger partial charge in [0.2, 0.25) is 0 Å². The van der Waals surface area contributed by atoms with Gasteiger partial charge in [-0.15, -0.1) is 10.2 Å². The van der Waals surface area contributed by atoms with E-state index in [9.17, 15) is 4.79 Å². The van der Waals surface area contributed by atoms with Crippen LogP contribution in [-0.4, -0.2) is 47.7 Å². The number of nitrogens with zero attached hydrogens (tertiary/aromatic N) is 5. The lowest BCUT2D eigenvalue weighted by molar-refractivity contribution is 0.0928. The number of aromatic amines is 1. The van der Waals surface area contributed by atoms with Crippen molar-refractivity contribution in [1.29, 1.82) is 0 Å². The molecule has 4 aromatic heterocycles. The van der Waals surface area contributed by atoms with Crippen LogP contribution in [0, 0.1) is 0 Å². The average Bonchev–Trinajstić information content (AvgIpc) is 3.39. The van der Waals surface area contributed by atoms with E-state index in [2.05, 4.69) is 30.7 Å². The topological polar surface area (TPSA) is 101 Å². The molecule has 4 rings (SSSR count). The van der Waals surface area contributed by atoms with Crippen molar-refractivity contribution in [3.63, 3.8) is 0 Å². The Balaban J connectivity index is 1.57. The first-order valence-electron chi connectivity index (χ1n) is 8.81. The van der Waals surface area contributed by atoms with Gasteiger partial charge in [-0.05, 0) is 48.8 Å². The highest BCUT2D eigenvalue weighted by Gasteiger charge is 2.22. The van der Waals surface area contributed by atoms with Gasteiger partial charge in [0.15, 0.2) is 11.5 Å². The van der Waals surface area contributed by atoms with Gasteiger partial charge in [-0.25, -0.2) is 0 Å². The van der Waals surface area contributed by atoms with Crippen molar-refractivity contribution < 1.29 is 4.79 Å². The van der Waals surface area contributed by atoms with Crippen LogP contribution in [0.3, 0.4) is 0 Å². The summed E-state index contributed by atoms with van der Waals surface area (Å²) in [6.07, 6.45) is 8.09. The molecule has 0 aromatic carbocycles.